The molecule has 0 spiro atoms. The summed E-state index contributed by atoms with van der Waals surface area (Å²) in [6, 6.07) is 10.5. The van der Waals surface area contributed by atoms with Gasteiger partial charge < -0.3 is 10.5 Å². The lowest BCUT2D eigenvalue weighted by atomic mass is 10.2. The average molecular weight is 341 g/mol. The molecule has 110 valence electrons. The molecular weight excluding hydrogens is 327 g/mol. The standard InChI is InChI=1S/C15H14Cl2N2OS/c1-2-21-13-5-3-4-12(14(13)15(18)19)20-11-7-9(16)6-10(17)8-11/h3-8H,2H2,1H3,(H3,18,19). The lowest BCUT2D eigenvalue weighted by Gasteiger charge is -2.14. The number of benzene rings is 2. The Morgan fingerprint density at radius 3 is 2.48 bits per heavy atom. The van der Waals surface area contributed by atoms with E-state index in [0.29, 0.717) is 27.1 Å². The topological polar surface area (TPSA) is 59.1 Å². The molecule has 0 radical (unpaired) electrons. The van der Waals surface area contributed by atoms with Crippen LogP contribution in [0.4, 0.5) is 0 Å². The molecule has 0 aliphatic carbocycles. The van der Waals surface area contributed by atoms with Crippen LogP contribution < -0.4 is 10.5 Å². The van der Waals surface area contributed by atoms with Gasteiger partial charge in [0.1, 0.15) is 17.3 Å². The summed E-state index contributed by atoms with van der Waals surface area (Å²) < 4.78 is 5.82. The largest absolute Gasteiger partial charge is 0.456 e. The van der Waals surface area contributed by atoms with Crippen LogP contribution >= 0.6 is 35.0 Å². The van der Waals surface area contributed by atoms with Crippen LogP contribution in [0.5, 0.6) is 11.5 Å². The highest BCUT2D eigenvalue weighted by Gasteiger charge is 2.13. The zero-order chi connectivity index (χ0) is 15.4. The van der Waals surface area contributed by atoms with Gasteiger partial charge in [-0.3, -0.25) is 5.41 Å². The smallest absolute Gasteiger partial charge is 0.139 e. The Morgan fingerprint density at radius 1 is 1.24 bits per heavy atom. The van der Waals surface area contributed by atoms with Gasteiger partial charge in [0.05, 0.1) is 5.56 Å². The summed E-state index contributed by atoms with van der Waals surface area (Å²) >= 11 is 13.5. The number of hydrogen-bond donors (Lipinski definition) is 2. The van der Waals surface area contributed by atoms with Gasteiger partial charge in [-0.25, -0.2) is 0 Å². The quantitative estimate of drug-likeness (QED) is 0.447. The molecule has 3 N–H and O–H groups in total. The van der Waals surface area contributed by atoms with Crippen molar-refractivity contribution in [3.63, 3.8) is 0 Å². The van der Waals surface area contributed by atoms with Crippen molar-refractivity contribution in [1.29, 1.82) is 5.41 Å². The molecule has 0 unspecified atom stereocenters. The molecule has 0 heterocycles. The first-order valence-corrected chi connectivity index (χ1v) is 7.99. The van der Waals surface area contributed by atoms with Crippen LogP contribution in [0.2, 0.25) is 10.0 Å². The number of thioether (sulfide) groups is 1. The van der Waals surface area contributed by atoms with Crippen LogP contribution in [-0.4, -0.2) is 11.6 Å². The molecule has 0 aromatic heterocycles. The van der Waals surface area contributed by atoms with Crippen molar-refractivity contribution in [1.82, 2.24) is 0 Å². The predicted octanol–water partition coefficient (Wildman–Crippen LogP) is 5.18. The maximum Gasteiger partial charge on any atom is 0.139 e. The fourth-order valence-corrected chi connectivity index (χ4v) is 3.20. The third kappa shape index (κ3) is 4.06. The van der Waals surface area contributed by atoms with Crippen molar-refractivity contribution in [3.05, 3.63) is 52.0 Å². The molecule has 2 aromatic carbocycles. The Hall–Kier alpha value is -1.36. The summed E-state index contributed by atoms with van der Waals surface area (Å²) in [5.41, 5.74) is 6.28. The van der Waals surface area contributed by atoms with Gasteiger partial charge in [-0.2, -0.15) is 0 Å². The Morgan fingerprint density at radius 2 is 1.90 bits per heavy atom. The zero-order valence-corrected chi connectivity index (χ0v) is 13.6. The molecule has 3 nitrogen and oxygen atoms in total. The van der Waals surface area contributed by atoms with E-state index >= 15 is 0 Å². The van der Waals surface area contributed by atoms with E-state index < -0.39 is 0 Å². The minimum Gasteiger partial charge on any atom is -0.456 e. The van der Waals surface area contributed by atoms with Gasteiger partial charge >= 0.3 is 0 Å². The van der Waals surface area contributed by atoms with Gasteiger partial charge in [0.15, 0.2) is 0 Å². The molecule has 0 bridgehead atoms. The molecule has 2 rings (SSSR count). The summed E-state index contributed by atoms with van der Waals surface area (Å²) in [5.74, 6) is 1.87. The van der Waals surface area contributed by atoms with Crippen molar-refractivity contribution >= 4 is 40.8 Å². The maximum absolute atomic E-state index is 7.78. The fraction of sp³-hybridized carbons (Fsp3) is 0.133. The zero-order valence-electron chi connectivity index (χ0n) is 11.3. The highest BCUT2D eigenvalue weighted by atomic mass is 35.5. The maximum atomic E-state index is 7.78. The Kier molecular flexibility index (Phi) is 5.39. The third-order valence-electron chi connectivity index (χ3n) is 2.62. The molecule has 0 atom stereocenters. The number of ether oxygens (including phenoxy) is 1. The first-order valence-electron chi connectivity index (χ1n) is 6.25. The van der Waals surface area contributed by atoms with Crippen molar-refractivity contribution < 1.29 is 4.74 Å². The molecule has 0 fully saturated rings. The number of nitrogens with one attached hydrogen (secondary N) is 1. The van der Waals surface area contributed by atoms with Crippen LogP contribution in [0.25, 0.3) is 0 Å². The molecule has 0 saturated carbocycles. The molecule has 6 heteroatoms. The van der Waals surface area contributed by atoms with Crippen molar-refractivity contribution in [3.8, 4) is 11.5 Å². The molecular formula is C15H14Cl2N2OS. The Labute approximate surface area is 137 Å². The van der Waals surface area contributed by atoms with Gasteiger partial charge in [-0.05, 0) is 36.1 Å². The average Bonchev–Trinajstić information content (AvgIpc) is 2.37. The van der Waals surface area contributed by atoms with Gasteiger partial charge in [0, 0.05) is 14.9 Å². The van der Waals surface area contributed by atoms with E-state index in [9.17, 15) is 0 Å². The normalized spacial score (nSPS) is 10.4. The van der Waals surface area contributed by atoms with E-state index in [4.69, 9.17) is 39.1 Å². The van der Waals surface area contributed by atoms with Crippen LogP contribution in [0, 0.1) is 5.41 Å². The van der Waals surface area contributed by atoms with Gasteiger partial charge in [-0.15, -0.1) is 11.8 Å². The number of nitrogen functional groups attached to an aromatic ring is 1. The molecule has 21 heavy (non-hydrogen) atoms. The molecule has 0 amide bonds. The third-order valence-corrected chi connectivity index (χ3v) is 4.00. The van der Waals surface area contributed by atoms with Gasteiger partial charge in [0.25, 0.3) is 0 Å². The Bertz CT molecular complexity index is 656. The summed E-state index contributed by atoms with van der Waals surface area (Å²) in [5, 5.41) is 8.75. The molecule has 0 aliphatic heterocycles. The summed E-state index contributed by atoms with van der Waals surface area (Å²) in [6.07, 6.45) is 0. The van der Waals surface area contributed by atoms with Crippen LogP contribution in [0.3, 0.4) is 0 Å². The molecule has 0 saturated heterocycles. The number of rotatable bonds is 5. The predicted molar refractivity (Wildman–Crippen MR) is 90.4 cm³/mol. The van der Waals surface area contributed by atoms with E-state index in [0.717, 1.165) is 10.6 Å². The van der Waals surface area contributed by atoms with E-state index in [2.05, 4.69) is 0 Å². The fourth-order valence-electron chi connectivity index (χ4n) is 1.85. The van der Waals surface area contributed by atoms with Crippen molar-refractivity contribution in [2.45, 2.75) is 11.8 Å². The highest BCUT2D eigenvalue weighted by molar-refractivity contribution is 7.99. The van der Waals surface area contributed by atoms with Crippen molar-refractivity contribution in [2.75, 3.05) is 5.75 Å². The van der Waals surface area contributed by atoms with Crippen LogP contribution in [0.15, 0.2) is 41.3 Å². The number of halogens is 2. The van der Waals surface area contributed by atoms with E-state index in [1.807, 2.05) is 19.1 Å². The van der Waals surface area contributed by atoms with Gasteiger partial charge in [-0.1, -0.05) is 36.2 Å². The monoisotopic (exact) mass is 340 g/mol. The second kappa shape index (κ2) is 7.07. The van der Waals surface area contributed by atoms with Crippen LogP contribution in [0.1, 0.15) is 12.5 Å². The second-order valence-electron chi connectivity index (χ2n) is 4.18. The molecule has 0 aliphatic rings. The SMILES string of the molecule is CCSc1cccc(Oc2cc(Cl)cc(Cl)c2)c1C(=N)N. The van der Waals surface area contributed by atoms with E-state index in [1.165, 1.54) is 0 Å². The minimum absolute atomic E-state index is 0.0327. The molecule has 2 aromatic rings. The van der Waals surface area contributed by atoms with E-state index in [-0.39, 0.29) is 5.84 Å². The summed E-state index contributed by atoms with van der Waals surface area (Å²) in [7, 11) is 0. The van der Waals surface area contributed by atoms with E-state index in [1.54, 1.807) is 36.0 Å². The second-order valence-corrected chi connectivity index (χ2v) is 6.36. The van der Waals surface area contributed by atoms with Crippen LogP contribution in [-0.2, 0) is 0 Å². The number of nitrogens with two attached hydrogens (primary N) is 1. The van der Waals surface area contributed by atoms with Crippen molar-refractivity contribution in [2.24, 2.45) is 5.73 Å². The minimum atomic E-state index is -0.0327. The summed E-state index contributed by atoms with van der Waals surface area (Å²) in [4.78, 5) is 0.913. The Balaban J connectivity index is 2.43. The first-order chi connectivity index (χ1) is 10.0. The highest BCUT2D eigenvalue weighted by Crippen LogP contribution is 2.34. The number of hydrogen-bond acceptors (Lipinski definition) is 3. The summed E-state index contributed by atoms with van der Waals surface area (Å²) in [6.45, 7) is 2.04. The van der Waals surface area contributed by atoms with Gasteiger partial charge in [0.2, 0.25) is 0 Å². The number of amidine groups is 1. The lowest BCUT2D eigenvalue weighted by molar-refractivity contribution is 0.480. The lowest BCUT2D eigenvalue weighted by Crippen LogP contribution is -2.13. The first kappa shape index (κ1) is 16.0.